The van der Waals surface area contributed by atoms with E-state index in [1.54, 1.807) is 0 Å². The maximum Gasteiger partial charge on any atom is 0.266 e. The fourth-order valence-corrected chi connectivity index (χ4v) is 4.10. The van der Waals surface area contributed by atoms with Crippen LogP contribution in [0.3, 0.4) is 0 Å². The maximum atomic E-state index is 12.3. The van der Waals surface area contributed by atoms with Crippen molar-refractivity contribution in [2.45, 2.75) is 19.6 Å². The average molecular weight is 387 g/mol. The molecule has 0 fully saturated rings. The number of aliphatic hydroxyl groups excluding tert-OH is 1. The zero-order chi connectivity index (χ0) is 17.6. The monoisotopic (exact) mass is 386 g/mol. The molecule has 0 saturated heterocycles. The molecule has 4 nitrogen and oxygen atoms in total. The Kier molecular flexibility index (Phi) is 5.16. The first-order valence-electron chi connectivity index (χ1n) is 8.12. The zero-order valence-electron chi connectivity index (χ0n) is 14.2. The number of benzene rings is 2. The predicted octanol–water partition coefficient (Wildman–Crippen LogP) is 4.34. The first kappa shape index (κ1) is 18.6. The third kappa shape index (κ3) is 2.93. The predicted molar refractivity (Wildman–Crippen MR) is 111 cm³/mol. The summed E-state index contributed by atoms with van der Waals surface area (Å²) in [4.78, 5) is 15.2. The summed E-state index contributed by atoms with van der Waals surface area (Å²) >= 11 is 1.43. The Hall–Kier alpha value is -2.18. The van der Waals surface area contributed by atoms with Gasteiger partial charge in [0.15, 0.2) is 0 Å². The van der Waals surface area contributed by atoms with Crippen LogP contribution in [0.4, 0.5) is 0 Å². The molecule has 0 spiro atoms. The highest BCUT2D eigenvalue weighted by atomic mass is 35.5. The minimum absolute atomic E-state index is 0. The molecular weight excluding hydrogens is 368 g/mol. The van der Waals surface area contributed by atoms with Gasteiger partial charge < -0.3 is 15.8 Å². The third-order valence-corrected chi connectivity index (χ3v) is 5.49. The number of nitrogens with one attached hydrogen (secondary N) is 1. The number of thiophene rings is 1. The van der Waals surface area contributed by atoms with Crippen LogP contribution in [0.1, 0.15) is 24.1 Å². The van der Waals surface area contributed by atoms with E-state index in [0.717, 1.165) is 38.5 Å². The lowest BCUT2D eigenvalue weighted by molar-refractivity contribution is 0.282. The normalized spacial score (nSPS) is 12.3. The largest absolute Gasteiger partial charge is 0.392 e. The Morgan fingerprint density at radius 1 is 1.15 bits per heavy atom. The second-order valence-corrected chi connectivity index (χ2v) is 7.12. The minimum Gasteiger partial charge on any atom is -0.392 e. The van der Waals surface area contributed by atoms with Gasteiger partial charge in [-0.15, -0.1) is 23.7 Å². The minimum atomic E-state index is -0.0764. The summed E-state index contributed by atoms with van der Waals surface area (Å²) in [6.07, 6.45) is 0. The standard InChI is InChI=1S/C20H18N2O2S.ClH/c1-11(21)12-2-4-13(5-3-12)17-14(10-23)6-7-16-18(17)15-8-9-25-19(15)20(24)22-16;/h2-9,11,23H,10,21H2,1H3,(H,22,24);1H/t11-;/m1./s1. The lowest BCUT2D eigenvalue weighted by Crippen LogP contribution is -2.06. The SMILES string of the molecule is C[C@@H](N)c1ccc(-c2c(CO)ccc3[nH]c(=O)c4sccc4c23)cc1.Cl. The fraction of sp³-hybridized carbons (Fsp3) is 0.150. The van der Waals surface area contributed by atoms with E-state index >= 15 is 0 Å². The molecular formula is C20H19ClN2O2S. The van der Waals surface area contributed by atoms with Crippen LogP contribution in [0.15, 0.2) is 52.6 Å². The van der Waals surface area contributed by atoms with Crippen molar-refractivity contribution in [1.29, 1.82) is 0 Å². The van der Waals surface area contributed by atoms with Gasteiger partial charge in [-0.05, 0) is 46.7 Å². The van der Waals surface area contributed by atoms with Gasteiger partial charge >= 0.3 is 0 Å². The van der Waals surface area contributed by atoms with Crippen LogP contribution in [0.2, 0.25) is 0 Å². The number of aliphatic hydroxyl groups is 1. The van der Waals surface area contributed by atoms with Crippen LogP contribution in [-0.4, -0.2) is 10.1 Å². The summed E-state index contributed by atoms with van der Waals surface area (Å²) in [5, 5.41) is 13.7. The van der Waals surface area contributed by atoms with Crippen molar-refractivity contribution in [3.63, 3.8) is 0 Å². The number of hydrogen-bond acceptors (Lipinski definition) is 4. The van der Waals surface area contributed by atoms with Crippen molar-refractivity contribution >= 4 is 44.7 Å². The number of H-pyrrole nitrogens is 1. The summed E-state index contributed by atoms with van der Waals surface area (Å²) in [7, 11) is 0. The second-order valence-electron chi connectivity index (χ2n) is 6.21. The number of aromatic nitrogens is 1. The smallest absolute Gasteiger partial charge is 0.266 e. The van der Waals surface area contributed by atoms with Crippen LogP contribution in [-0.2, 0) is 6.61 Å². The Morgan fingerprint density at radius 2 is 1.88 bits per heavy atom. The molecule has 1 atom stereocenters. The van der Waals surface area contributed by atoms with Crippen molar-refractivity contribution in [3.8, 4) is 11.1 Å². The second kappa shape index (κ2) is 7.21. The third-order valence-electron chi connectivity index (χ3n) is 4.58. The molecule has 2 aromatic heterocycles. The molecule has 6 heteroatoms. The Labute approximate surface area is 160 Å². The van der Waals surface area contributed by atoms with E-state index in [4.69, 9.17) is 5.73 Å². The molecule has 134 valence electrons. The van der Waals surface area contributed by atoms with Crippen molar-refractivity contribution in [2.24, 2.45) is 5.73 Å². The molecule has 0 aliphatic carbocycles. The van der Waals surface area contributed by atoms with Gasteiger partial charge in [0.05, 0.1) is 6.61 Å². The number of hydrogen-bond donors (Lipinski definition) is 3. The summed E-state index contributed by atoms with van der Waals surface area (Å²) in [6, 6.07) is 13.7. The lowest BCUT2D eigenvalue weighted by atomic mass is 9.92. The molecule has 4 aromatic rings. The van der Waals surface area contributed by atoms with Gasteiger partial charge in [0.2, 0.25) is 0 Å². The fourth-order valence-electron chi connectivity index (χ4n) is 3.31. The number of fused-ring (bicyclic) bond motifs is 3. The Balaban J connectivity index is 0.00000196. The molecule has 4 rings (SSSR count). The van der Waals surface area contributed by atoms with E-state index < -0.39 is 0 Å². The van der Waals surface area contributed by atoms with E-state index in [-0.39, 0.29) is 30.6 Å². The molecule has 0 amide bonds. The van der Waals surface area contributed by atoms with E-state index in [2.05, 4.69) is 4.98 Å². The molecule has 2 aromatic carbocycles. The van der Waals surface area contributed by atoms with E-state index in [1.165, 1.54) is 11.3 Å². The van der Waals surface area contributed by atoms with E-state index in [0.29, 0.717) is 4.70 Å². The average Bonchev–Trinajstić information content (AvgIpc) is 3.11. The Bertz CT molecular complexity index is 1130. The van der Waals surface area contributed by atoms with Crippen LogP contribution >= 0.6 is 23.7 Å². The Morgan fingerprint density at radius 3 is 2.54 bits per heavy atom. The van der Waals surface area contributed by atoms with Gasteiger partial charge in [-0.2, -0.15) is 0 Å². The number of nitrogens with two attached hydrogens (primary N) is 1. The molecule has 0 bridgehead atoms. The molecule has 0 aliphatic rings. The number of halogens is 1. The van der Waals surface area contributed by atoms with Crippen LogP contribution in [0.25, 0.3) is 32.1 Å². The number of rotatable bonds is 3. The first-order valence-corrected chi connectivity index (χ1v) is 9.00. The van der Waals surface area contributed by atoms with Gasteiger partial charge in [-0.25, -0.2) is 0 Å². The summed E-state index contributed by atoms with van der Waals surface area (Å²) < 4.78 is 0.705. The molecule has 26 heavy (non-hydrogen) atoms. The van der Waals surface area contributed by atoms with Gasteiger partial charge in [0.1, 0.15) is 4.70 Å². The number of aromatic amines is 1. The van der Waals surface area contributed by atoms with Crippen molar-refractivity contribution in [2.75, 3.05) is 0 Å². The van der Waals surface area contributed by atoms with Gasteiger partial charge in [-0.1, -0.05) is 30.3 Å². The van der Waals surface area contributed by atoms with Crippen molar-refractivity contribution in [3.05, 3.63) is 69.3 Å². The van der Waals surface area contributed by atoms with Gasteiger partial charge in [0, 0.05) is 22.3 Å². The molecule has 2 heterocycles. The van der Waals surface area contributed by atoms with Gasteiger partial charge in [0.25, 0.3) is 5.56 Å². The van der Waals surface area contributed by atoms with Crippen LogP contribution in [0, 0.1) is 0 Å². The van der Waals surface area contributed by atoms with Crippen LogP contribution < -0.4 is 11.3 Å². The maximum absolute atomic E-state index is 12.3. The molecule has 0 unspecified atom stereocenters. The lowest BCUT2D eigenvalue weighted by Gasteiger charge is -2.14. The first-order chi connectivity index (χ1) is 12.1. The topological polar surface area (TPSA) is 79.1 Å². The van der Waals surface area contributed by atoms with Gasteiger partial charge in [-0.3, -0.25) is 4.79 Å². The van der Waals surface area contributed by atoms with E-state index in [1.807, 2.05) is 54.8 Å². The molecule has 0 aliphatic heterocycles. The molecule has 0 saturated carbocycles. The highest BCUT2D eigenvalue weighted by Crippen LogP contribution is 2.36. The van der Waals surface area contributed by atoms with E-state index in [9.17, 15) is 9.90 Å². The molecule has 4 N–H and O–H groups in total. The zero-order valence-corrected chi connectivity index (χ0v) is 15.8. The number of pyridine rings is 1. The highest BCUT2D eigenvalue weighted by Gasteiger charge is 2.15. The summed E-state index contributed by atoms with van der Waals surface area (Å²) in [6.45, 7) is 1.89. The summed E-state index contributed by atoms with van der Waals surface area (Å²) in [5.41, 5.74) is 10.5. The highest BCUT2D eigenvalue weighted by molar-refractivity contribution is 7.17. The molecule has 0 radical (unpaired) electrons. The summed E-state index contributed by atoms with van der Waals surface area (Å²) in [5.74, 6) is 0. The van der Waals surface area contributed by atoms with Crippen molar-refractivity contribution in [1.82, 2.24) is 4.98 Å². The van der Waals surface area contributed by atoms with Crippen LogP contribution in [0.5, 0.6) is 0 Å². The van der Waals surface area contributed by atoms with Crippen molar-refractivity contribution < 1.29 is 5.11 Å². The quantitative estimate of drug-likeness (QED) is 0.490.